The van der Waals surface area contributed by atoms with E-state index in [9.17, 15) is 14.4 Å². The molecule has 0 fully saturated rings. The molecule has 2 aromatic carbocycles. The maximum Gasteiger partial charge on any atom is 0.262 e. The number of carbonyl (C=O) groups is 3. The van der Waals surface area contributed by atoms with Crippen LogP contribution in [-0.4, -0.2) is 45.6 Å². The number of anilines is 3. The van der Waals surface area contributed by atoms with Gasteiger partial charge in [-0.25, -0.2) is 9.67 Å². The summed E-state index contributed by atoms with van der Waals surface area (Å²) in [6.07, 6.45) is 0. The smallest absolute Gasteiger partial charge is 0.262 e. The zero-order chi connectivity index (χ0) is 25.4. The molecule has 0 saturated carbocycles. The topological polar surface area (TPSA) is 118 Å². The highest BCUT2D eigenvalue weighted by molar-refractivity contribution is 6.15. The number of hydrogen-bond donors (Lipinski definition) is 2. The molecule has 2 N–H and O–H groups in total. The van der Waals surface area contributed by atoms with Crippen molar-refractivity contribution in [3.05, 3.63) is 71.4 Å². The molecule has 0 saturated heterocycles. The van der Waals surface area contributed by atoms with Gasteiger partial charge in [-0.15, -0.1) is 5.10 Å². The van der Waals surface area contributed by atoms with Crippen LogP contribution in [-0.2, 0) is 16.6 Å². The zero-order valence-electron chi connectivity index (χ0n) is 20.0. The predicted octanol–water partition coefficient (Wildman–Crippen LogP) is 3.20. The molecule has 1 aliphatic heterocycles. The molecule has 0 spiro atoms. The molecule has 36 heavy (non-hydrogen) atoms. The predicted molar refractivity (Wildman–Crippen MR) is 135 cm³/mol. The summed E-state index contributed by atoms with van der Waals surface area (Å²) in [5, 5.41) is 10.6. The van der Waals surface area contributed by atoms with Crippen LogP contribution in [0.3, 0.4) is 0 Å². The van der Waals surface area contributed by atoms with E-state index in [1.807, 2.05) is 26.0 Å². The molecule has 0 atom stereocenters. The van der Waals surface area contributed by atoms with Crippen LogP contribution in [0.15, 0.2) is 54.6 Å². The highest BCUT2D eigenvalue weighted by Crippen LogP contribution is 2.30. The third-order valence-electron chi connectivity index (χ3n) is 5.86. The number of amides is 3. The number of rotatable bonds is 5. The quantitative estimate of drug-likeness (QED) is 0.449. The second-order valence-corrected chi connectivity index (χ2v) is 8.58. The van der Waals surface area contributed by atoms with Gasteiger partial charge in [0.15, 0.2) is 12.3 Å². The molecular weight excluding hydrogens is 460 g/mol. The number of aromatic nitrogens is 3. The van der Waals surface area contributed by atoms with Crippen molar-refractivity contribution in [1.82, 2.24) is 14.8 Å². The van der Waals surface area contributed by atoms with Gasteiger partial charge in [-0.2, -0.15) is 0 Å². The van der Waals surface area contributed by atoms with Crippen LogP contribution in [0.25, 0.3) is 11.0 Å². The number of fused-ring (bicyclic) bond motifs is 2. The lowest BCUT2D eigenvalue weighted by molar-refractivity contribution is -0.118. The van der Waals surface area contributed by atoms with Gasteiger partial charge in [-0.3, -0.25) is 19.3 Å². The number of hydrogen-bond acceptors (Lipinski definition) is 6. The molecule has 10 nitrogen and oxygen atoms in total. The molecule has 0 unspecified atom stereocenters. The van der Waals surface area contributed by atoms with Crippen molar-refractivity contribution >= 4 is 45.8 Å². The van der Waals surface area contributed by atoms with E-state index in [-0.39, 0.29) is 30.9 Å². The van der Waals surface area contributed by atoms with Crippen LogP contribution in [0.4, 0.5) is 17.1 Å². The number of para-hydroxylation sites is 2. The van der Waals surface area contributed by atoms with Gasteiger partial charge >= 0.3 is 0 Å². The van der Waals surface area contributed by atoms with Crippen LogP contribution >= 0.6 is 0 Å². The Balaban J connectivity index is 1.24. The van der Waals surface area contributed by atoms with Crippen molar-refractivity contribution in [2.75, 3.05) is 28.7 Å². The van der Waals surface area contributed by atoms with Crippen molar-refractivity contribution in [2.45, 2.75) is 13.8 Å². The van der Waals surface area contributed by atoms with E-state index in [1.165, 1.54) is 4.90 Å². The van der Waals surface area contributed by atoms with Gasteiger partial charge in [0, 0.05) is 24.0 Å². The molecule has 182 valence electrons. The van der Waals surface area contributed by atoms with Crippen LogP contribution in [0, 0.1) is 13.8 Å². The Bertz CT molecular complexity index is 1510. The normalized spacial score (nSPS) is 12.8. The second-order valence-electron chi connectivity index (χ2n) is 8.58. The van der Waals surface area contributed by atoms with Gasteiger partial charge in [-0.05, 0) is 61.9 Å². The van der Waals surface area contributed by atoms with Crippen LogP contribution in [0.2, 0.25) is 0 Å². The van der Waals surface area contributed by atoms with Crippen molar-refractivity contribution in [1.29, 1.82) is 0 Å². The minimum Gasteiger partial charge on any atom is -0.466 e. The minimum absolute atomic E-state index is 0.0670. The summed E-state index contributed by atoms with van der Waals surface area (Å²) in [6, 6.07) is 15.6. The molecule has 4 aromatic rings. The van der Waals surface area contributed by atoms with Gasteiger partial charge in [0.05, 0.1) is 16.8 Å². The summed E-state index contributed by atoms with van der Waals surface area (Å²) in [7, 11) is 1.78. The SMILES string of the molecule is Cc1cc(C)c2c(OCC(=O)Nc3ccc(C(=O)N4CC(=O)Nc5ccccc54)cc3)nn(C)c2n1. The van der Waals surface area contributed by atoms with E-state index in [2.05, 4.69) is 20.7 Å². The monoisotopic (exact) mass is 484 g/mol. The Morgan fingerprint density at radius 2 is 1.86 bits per heavy atom. The zero-order valence-corrected chi connectivity index (χ0v) is 20.0. The molecule has 3 heterocycles. The number of benzene rings is 2. The summed E-state index contributed by atoms with van der Waals surface area (Å²) in [4.78, 5) is 43.6. The number of nitrogens with one attached hydrogen (secondary N) is 2. The Morgan fingerprint density at radius 3 is 2.64 bits per heavy atom. The van der Waals surface area contributed by atoms with Crippen molar-refractivity contribution in [3.8, 4) is 5.88 Å². The van der Waals surface area contributed by atoms with Crippen molar-refractivity contribution < 1.29 is 19.1 Å². The lowest BCUT2D eigenvalue weighted by Gasteiger charge is -2.29. The number of pyridine rings is 1. The van der Waals surface area contributed by atoms with Crippen molar-refractivity contribution in [3.63, 3.8) is 0 Å². The Labute approximate surface area is 206 Å². The molecule has 0 radical (unpaired) electrons. The average Bonchev–Trinajstić information content (AvgIpc) is 3.17. The Hall–Kier alpha value is -4.73. The molecular formula is C26H24N6O4. The van der Waals surface area contributed by atoms with Gasteiger partial charge in [0.2, 0.25) is 11.8 Å². The summed E-state index contributed by atoms with van der Waals surface area (Å²) < 4.78 is 7.32. The van der Waals surface area contributed by atoms with E-state index in [4.69, 9.17) is 4.74 Å². The maximum absolute atomic E-state index is 13.1. The lowest BCUT2D eigenvalue weighted by atomic mass is 10.1. The first-order valence-electron chi connectivity index (χ1n) is 11.3. The van der Waals surface area contributed by atoms with E-state index < -0.39 is 0 Å². The number of nitrogens with zero attached hydrogens (tertiary/aromatic N) is 4. The van der Waals surface area contributed by atoms with Gasteiger partial charge in [-0.1, -0.05) is 12.1 Å². The number of aryl methyl sites for hydroxylation is 3. The third-order valence-corrected chi connectivity index (χ3v) is 5.86. The first-order chi connectivity index (χ1) is 17.3. The number of ether oxygens (including phenoxy) is 1. The summed E-state index contributed by atoms with van der Waals surface area (Å²) in [5.74, 6) is -0.584. The standard InChI is InChI=1S/C26H24N6O4/c1-15-12-16(2)27-24-23(15)25(30-31(24)3)36-14-22(34)28-18-10-8-17(9-11-18)26(35)32-13-21(33)29-19-6-4-5-7-20(19)32/h4-12H,13-14H2,1-3H3,(H,28,34)(H,29,33). The van der Waals surface area contributed by atoms with Gasteiger partial charge < -0.3 is 15.4 Å². The minimum atomic E-state index is -0.368. The summed E-state index contributed by atoms with van der Waals surface area (Å²) in [6.45, 7) is 3.56. The molecule has 0 bridgehead atoms. The average molecular weight is 485 g/mol. The lowest BCUT2D eigenvalue weighted by Crippen LogP contribution is -2.42. The molecule has 1 aliphatic rings. The third kappa shape index (κ3) is 4.36. The van der Waals surface area contributed by atoms with Crippen LogP contribution in [0.1, 0.15) is 21.6 Å². The van der Waals surface area contributed by atoms with E-state index in [1.54, 1.807) is 54.2 Å². The Kier molecular flexibility index (Phi) is 5.85. The Morgan fingerprint density at radius 1 is 1.11 bits per heavy atom. The summed E-state index contributed by atoms with van der Waals surface area (Å²) in [5.41, 5.74) is 4.67. The van der Waals surface area contributed by atoms with Crippen LogP contribution in [0.5, 0.6) is 5.88 Å². The maximum atomic E-state index is 13.1. The molecule has 2 aromatic heterocycles. The van der Waals surface area contributed by atoms with E-state index >= 15 is 0 Å². The first kappa shape index (κ1) is 23.0. The first-order valence-corrected chi connectivity index (χ1v) is 11.3. The highest BCUT2D eigenvalue weighted by atomic mass is 16.5. The van der Waals surface area contributed by atoms with E-state index in [0.29, 0.717) is 34.2 Å². The molecule has 10 heteroatoms. The highest BCUT2D eigenvalue weighted by Gasteiger charge is 2.27. The van der Waals surface area contributed by atoms with E-state index in [0.717, 1.165) is 16.6 Å². The van der Waals surface area contributed by atoms with Gasteiger partial charge in [0.1, 0.15) is 6.54 Å². The van der Waals surface area contributed by atoms with Gasteiger partial charge in [0.25, 0.3) is 11.8 Å². The number of carbonyl (C=O) groups excluding carboxylic acids is 3. The molecule has 5 rings (SSSR count). The largest absolute Gasteiger partial charge is 0.466 e. The fourth-order valence-corrected chi connectivity index (χ4v) is 4.25. The van der Waals surface area contributed by atoms with Crippen molar-refractivity contribution in [2.24, 2.45) is 7.05 Å². The van der Waals surface area contributed by atoms with Crippen LogP contribution < -0.4 is 20.3 Å². The molecule has 0 aliphatic carbocycles. The fourth-order valence-electron chi connectivity index (χ4n) is 4.25. The summed E-state index contributed by atoms with van der Waals surface area (Å²) >= 11 is 0. The second kappa shape index (κ2) is 9.14. The molecule has 3 amide bonds. The fraction of sp³-hybridized carbons (Fsp3) is 0.192.